The lowest BCUT2D eigenvalue weighted by atomic mass is 10.3. The molecule has 2 aromatic heterocycles. The van der Waals surface area contributed by atoms with Crippen LogP contribution in [-0.4, -0.2) is 21.0 Å². The second-order valence-electron chi connectivity index (χ2n) is 2.85. The van der Waals surface area contributed by atoms with Crippen molar-refractivity contribution in [3.63, 3.8) is 0 Å². The first-order valence-electron chi connectivity index (χ1n) is 4.16. The van der Waals surface area contributed by atoms with Crippen molar-refractivity contribution in [1.29, 1.82) is 0 Å². The number of carboxylic acids is 1. The monoisotopic (exact) mass is 192 g/mol. The van der Waals surface area contributed by atoms with Gasteiger partial charge in [0.2, 0.25) is 0 Å². The maximum atomic E-state index is 10.3. The predicted octanol–water partition coefficient (Wildman–Crippen LogP) is 1.24. The molecule has 0 amide bonds. The Hall–Kier alpha value is -1.91. The zero-order valence-corrected chi connectivity index (χ0v) is 7.30. The Balaban J connectivity index is 2.21. The number of aliphatic carboxylic acids is 1. The second kappa shape index (κ2) is 3.45. The van der Waals surface area contributed by atoms with E-state index in [1.807, 2.05) is 0 Å². The van der Waals surface area contributed by atoms with Crippen LogP contribution in [0.25, 0.3) is 11.1 Å². The number of rotatable bonds is 3. The Morgan fingerprint density at radius 2 is 2.43 bits per heavy atom. The minimum Gasteiger partial charge on any atom is -0.481 e. The van der Waals surface area contributed by atoms with Gasteiger partial charge < -0.3 is 9.52 Å². The van der Waals surface area contributed by atoms with Crippen molar-refractivity contribution in [2.24, 2.45) is 0 Å². The van der Waals surface area contributed by atoms with Gasteiger partial charge in [-0.2, -0.15) is 0 Å². The molecule has 0 fully saturated rings. The molecule has 14 heavy (non-hydrogen) atoms. The fraction of sp³-hybridized carbons (Fsp3) is 0.222. The summed E-state index contributed by atoms with van der Waals surface area (Å²) < 4.78 is 5.06. The molecule has 2 heterocycles. The quantitative estimate of drug-likeness (QED) is 0.791. The molecule has 0 saturated heterocycles. The molecule has 0 aliphatic heterocycles. The Labute approximate surface area is 79.4 Å². The molecule has 2 rings (SSSR count). The van der Waals surface area contributed by atoms with E-state index in [0.717, 1.165) is 0 Å². The SMILES string of the molecule is O=C(O)CCc1ncc2occc2n1. The molecule has 0 aliphatic carbocycles. The molecule has 72 valence electrons. The van der Waals surface area contributed by atoms with E-state index in [1.165, 1.54) is 6.26 Å². The van der Waals surface area contributed by atoms with Crippen molar-refractivity contribution >= 4 is 17.1 Å². The largest absolute Gasteiger partial charge is 0.481 e. The molecule has 0 radical (unpaired) electrons. The van der Waals surface area contributed by atoms with Gasteiger partial charge in [-0.15, -0.1) is 0 Å². The first kappa shape index (κ1) is 8.68. The maximum absolute atomic E-state index is 10.3. The predicted molar refractivity (Wildman–Crippen MR) is 47.8 cm³/mol. The minimum absolute atomic E-state index is 0.0450. The summed E-state index contributed by atoms with van der Waals surface area (Å²) in [6.07, 6.45) is 3.47. The average molecular weight is 192 g/mol. The van der Waals surface area contributed by atoms with Crippen molar-refractivity contribution in [3.8, 4) is 0 Å². The van der Waals surface area contributed by atoms with Crippen LogP contribution in [0, 0.1) is 0 Å². The highest BCUT2D eigenvalue weighted by molar-refractivity contribution is 5.71. The molecule has 0 bridgehead atoms. The first-order chi connectivity index (χ1) is 6.75. The lowest BCUT2D eigenvalue weighted by Gasteiger charge is -1.95. The van der Waals surface area contributed by atoms with Crippen LogP contribution in [0.4, 0.5) is 0 Å². The summed E-state index contributed by atoms with van der Waals surface area (Å²) in [6.45, 7) is 0. The Bertz CT molecular complexity index is 464. The number of furan rings is 1. The van der Waals surface area contributed by atoms with Crippen molar-refractivity contribution in [1.82, 2.24) is 9.97 Å². The van der Waals surface area contributed by atoms with Crippen LogP contribution in [0.1, 0.15) is 12.2 Å². The second-order valence-corrected chi connectivity index (χ2v) is 2.85. The summed E-state index contributed by atoms with van der Waals surface area (Å²) in [7, 11) is 0. The number of carboxylic acid groups (broad SMARTS) is 1. The van der Waals surface area contributed by atoms with E-state index in [9.17, 15) is 4.79 Å². The molecule has 1 N–H and O–H groups in total. The maximum Gasteiger partial charge on any atom is 0.303 e. The molecule has 0 saturated carbocycles. The van der Waals surface area contributed by atoms with Crippen molar-refractivity contribution in [2.75, 3.05) is 0 Å². The summed E-state index contributed by atoms with van der Waals surface area (Å²) in [6, 6.07) is 1.72. The number of aromatic nitrogens is 2. The standard InChI is InChI=1S/C9H8N2O3/c12-9(13)2-1-8-10-5-7-6(11-8)3-4-14-7/h3-5H,1-2H2,(H,12,13). The van der Waals surface area contributed by atoms with Gasteiger partial charge in [0, 0.05) is 12.5 Å². The molecular weight excluding hydrogens is 184 g/mol. The molecule has 0 unspecified atom stereocenters. The Kier molecular flexibility index (Phi) is 2.14. The highest BCUT2D eigenvalue weighted by atomic mass is 16.4. The molecular formula is C9H8N2O3. The van der Waals surface area contributed by atoms with E-state index in [1.54, 1.807) is 12.3 Å². The summed E-state index contributed by atoms with van der Waals surface area (Å²) in [5.41, 5.74) is 1.32. The van der Waals surface area contributed by atoms with E-state index in [-0.39, 0.29) is 6.42 Å². The smallest absolute Gasteiger partial charge is 0.303 e. The van der Waals surface area contributed by atoms with E-state index in [4.69, 9.17) is 9.52 Å². The summed E-state index contributed by atoms with van der Waals surface area (Å²) >= 11 is 0. The first-order valence-corrected chi connectivity index (χ1v) is 4.16. The number of hydrogen-bond acceptors (Lipinski definition) is 4. The average Bonchev–Trinajstić information content (AvgIpc) is 2.61. The van der Waals surface area contributed by atoms with Crippen molar-refractivity contribution in [3.05, 3.63) is 24.4 Å². The van der Waals surface area contributed by atoms with Crippen LogP contribution >= 0.6 is 0 Å². The number of hydrogen-bond donors (Lipinski definition) is 1. The van der Waals surface area contributed by atoms with E-state index >= 15 is 0 Å². The molecule has 0 aromatic carbocycles. The molecule has 0 aliphatic rings. The molecule has 5 nitrogen and oxygen atoms in total. The van der Waals surface area contributed by atoms with Crippen molar-refractivity contribution < 1.29 is 14.3 Å². The van der Waals surface area contributed by atoms with Gasteiger partial charge in [-0.05, 0) is 0 Å². The molecule has 0 atom stereocenters. The molecule has 5 heteroatoms. The lowest BCUT2D eigenvalue weighted by Crippen LogP contribution is -2.01. The van der Waals surface area contributed by atoms with Gasteiger partial charge in [-0.25, -0.2) is 9.97 Å². The van der Waals surface area contributed by atoms with Gasteiger partial charge in [-0.1, -0.05) is 0 Å². The Morgan fingerprint density at radius 3 is 3.21 bits per heavy atom. The molecule has 2 aromatic rings. The third-order valence-corrected chi connectivity index (χ3v) is 1.82. The zero-order chi connectivity index (χ0) is 9.97. The third-order valence-electron chi connectivity index (χ3n) is 1.82. The van der Waals surface area contributed by atoms with E-state index in [0.29, 0.717) is 23.3 Å². The number of aryl methyl sites for hydroxylation is 1. The fourth-order valence-electron chi connectivity index (χ4n) is 1.14. The number of nitrogens with zero attached hydrogens (tertiary/aromatic N) is 2. The Morgan fingerprint density at radius 1 is 1.57 bits per heavy atom. The highest BCUT2D eigenvalue weighted by Gasteiger charge is 2.04. The van der Waals surface area contributed by atoms with Gasteiger partial charge in [0.15, 0.2) is 5.58 Å². The number of carbonyl (C=O) groups is 1. The van der Waals surface area contributed by atoms with Crippen LogP contribution in [0.2, 0.25) is 0 Å². The normalized spacial score (nSPS) is 10.6. The van der Waals surface area contributed by atoms with Crippen LogP contribution in [0.15, 0.2) is 22.9 Å². The van der Waals surface area contributed by atoms with Crippen LogP contribution in [-0.2, 0) is 11.2 Å². The summed E-state index contributed by atoms with van der Waals surface area (Å²) in [5, 5.41) is 8.47. The van der Waals surface area contributed by atoms with Gasteiger partial charge in [0.25, 0.3) is 0 Å². The summed E-state index contributed by atoms with van der Waals surface area (Å²) in [5.74, 6) is -0.317. The van der Waals surface area contributed by atoms with Crippen LogP contribution in [0.5, 0.6) is 0 Å². The number of fused-ring (bicyclic) bond motifs is 1. The summed E-state index contributed by atoms with van der Waals surface area (Å²) in [4.78, 5) is 18.4. The van der Waals surface area contributed by atoms with E-state index in [2.05, 4.69) is 9.97 Å². The van der Waals surface area contributed by atoms with Gasteiger partial charge >= 0.3 is 5.97 Å². The topological polar surface area (TPSA) is 76.2 Å². The molecule has 0 spiro atoms. The fourth-order valence-corrected chi connectivity index (χ4v) is 1.14. The van der Waals surface area contributed by atoms with Gasteiger partial charge in [-0.3, -0.25) is 4.79 Å². The zero-order valence-electron chi connectivity index (χ0n) is 7.30. The lowest BCUT2D eigenvalue weighted by molar-refractivity contribution is -0.137. The minimum atomic E-state index is -0.846. The van der Waals surface area contributed by atoms with Crippen molar-refractivity contribution in [2.45, 2.75) is 12.8 Å². The van der Waals surface area contributed by atoms with Crippen LogP contribution in [0.3, 0.4) is 0 Å². The highest BCUT2D eigenvalue weighted by Crippen LogP contribution is 2.11. The van der Waals surface area contributed by atoms with Gasteiger partial charge in [0.1, 0.15) is 11.3 Å². The van der Waals surface area contributed by atoms with E-state index < -0.39 is 5.97 Å². The van der Waals surface area contributed by atoms with Crippen LogP contribution < -0.4 is 0 Å². The third kappa shape index (κ3) is 1.71. The van der Waals surface area contributed by atoms with Gasteiger partial charge in [0.05, 0.1) is 18.9 Å².